The average molecular weight is 247 g/mol. The first kappa shape index (κ1) is 14.9. The molecule has 102 valence electrons. The van der Waals surface area contributed by atoms with E-state index in [4.69, 9.17) is 14.2 Å². The molecule has 2 N–H and O–H groups in total. The Balaban J connectivity index is 1.89. The van der Waals surface area contributed by atoms with Crippen LogP contribution in [-0.4, -0.2) is 64.4 Å². The fourth-order valence-corrected chi connectivity index (χ4v) is 1.92. The molecule has 1 aliphatic rings. The third-order valence-electron chi connectivity index (χ3n) is 2.95. The van der Waals surface area contributed by atoms with Crippen LogP contribution in [-0.2, 0) is 14.2 Å². The minimum atomic E-state index is -0.532. The van der Waals surface area contributed by atoms with E-state index in [-0.39, 0.29) is 0 Å². The Bertz CT molecular complexity index is 185. The van der Waals surface area contributed by atoms with Gasteiger partial charge in [0.15, 0.2) is 0 Å². The largest absolute Gasteiger partial charge is 0.388 e. The maximum Gasteiger partial charge on any atom is 0.101 e. The van der Waals surface area contributed by atoms with Gasteiger partial charge in [-0.25, -0.2) is 0 Å². The van der Waals surface area contributed by atoms with E-state index < -0.39 is 6.10 Å². The Morgan fingerprint density at radius 2 is 2.06 bits per heavy atom. The highest BCUT2D eigenvalue weighted by molar-refractivity contribution is 4.81. The molecule has 0 aromatic carbocycles. The number of hydrogen-bond donors (Lipinski definition) is 2. The van der Waals surface area contributed by atoms with E-state index in [1.807, 2.05) is 7.05 Å². The first-order chi connectivity index (χ1) is 8.26. The standard InChI is InChI=1S/C12H25NO4/c1-13-7-10-5-12(6-10)17-9-11(14)8-16-4-3-15-2/h10-14H,3-9H2,1-2H3. The number of nitrogens with one attached hydrogen (secondary N) is 1. The highest BCUT2D eigenvalue weighted by atomic mass is 16.5. The topological polar surface area (TPSA) is 60.0 Å². The predicted octanol–water partition coefficient (Wildman–Crippen LogP) is 0.0249. The van der Waals surface area contributed by atoms with Crippen LogP contribution in [0.4, 0.5) is 0 Å². The maximum absolute atomic E-state index is 9.58. The van der Waals surface area contributed by atoms with Crippen LogP contribution < -0.4 is 5.32 Å². The van der Waals surface area contributed by atoms with Gasteiger partial charge in [-0.1, -0.05) is 0 Å². The van der Waals surface area contributed by atoms with Crippen LogP contribution in [0.5, 0.6) is 0 Å². The van der Waals surface area contributed by atoms with Crippen molar-refractivity contribution in [3.8, 4) is 0 Å². The lowest BCUT2D eigenvalue weighted by Crippen LogP contribution is -2.38. The predicted molar refractivity (Wildman–Crippen MR) is 65.1 cm³/mol. The summed E-state index contributed by atoms with van der Waals surface area (Å²) in [4.78, 5) is 0. The monoisotopic (exact) mass is 247 g/mol. The normalized spacial score (nSPS) is 25.6. The van der Waals surface area contributed by atoms with Gasteiger partial charge in [0, 0.05) is 7.11 Å². The van der Waals surface area contributed by atoms with E-state index in [0.29, 0.717) is 32.5 Å². The van der Waals surface area contributed by atoms with E-state index >= 15 is 0 Å². The smallest absolute Gasteiger partial charge is 0.101 e. The van der Waals surface area contributed by atoms with E-state index in [9.17, 15) is 5.11 Å². The van der Waals surface area contributed by atoms with Gasteiger partial charge in [-0.15, -0.1) is 0 Å². The zero-order chi connectivity index (χ0) is 12.5. The molecule has 5 nitrogen and oxygen atoms in total. The molecule has 1 atom stereocenters. The van der Waals surface area contributed by atoms with Crippen molar-refractivity contribution in [1.29, 1.82) is 0 Å². The Hall–Kier alpha value is -0.200. The van der Waals surface area contributed by atoms with Gasteiger partial charge in [-0.3, -0.25) is 0 Å². The Morgan fingerprint density at radius 3 is 2.71 bits per heavy atom. The Kier molecular flexibility index (Phi) is 7.72. The molecule has 1 fully saturated rings. The van der Waals surface area contributed by atoms with Crippen molar-refractivity contribution >= 4 is 0 Å². The van der Waals surface area contributed by atoms with Crippen molar-refractivity contribution in [1.82, 2.24) is 5.32 Å². The lowest BCUT2D eigenvalue weighted by atomic mass is 9.82. The zero-order valence-electron chi connectivity index (χ0n) is 10.9. The highest BCUT2D eigenvalue weighted by Gasteiger charge is 2.29. The van der Waals surface area contributed by atoms with Crippen LogP contribution in [0.15, 0.2) is 0 Å². The lowest BCUT2D eigenvalue weighted by Gasteiger charge is -2.35. The third kappa shape index (κ3) is 6.33. The number of rotatable bonds is 10. The van der Waals surface area contributed by atoms with Crippen LogP contribution in [0.25, 0.3) is 0 Å². The second-order valence-electron chi connectivity index (χ2n) is 4.57. The van der Waals surface area contributed by atoms with Crippen LogP contribution in [0.3, 0.4) is 0 Å². The van der Waals surface area contributed by atoms with Crippen LogP contribution >= 0.6 is 0 Å². The fourth-order valence-electron chi connectivity index (χ4n) is 1.92. The van der Waals surface area contributed by atoms with Gasteiger partial charge < -0.3 is 24.6 Å². The number of aliphatic hydroxyl groups excluding tert-OH is 1. The minimum Gasteiger partial charge on any atom is -0.388 e. The molecule has 0 aromatic heterocycles. The van der Waals surface area contributed by atoms with Gasteiger partial charge in [0.05, 0.1) is 32.5 Å². The average Bonchev–Trinajstić information content (AvgIpc) is 2.27. The summed E-state index contributed by atoms with van der Waals surface area (Å²) in [5.74, 6) is 0.736. The minimum absolute atomic E-state index is 0.316. The molecule has 0 aromatic rings. The molecule has 0 bridgehead atoms. The molecule has 0 radical (unpaired) electrons. The van der Waals surface area contributed by atoms with Crippen molar-refractivity contribution in [2.75, 3.05) is 47.1 Å². The van der Waals surface area contributed by atoms with Crippen molar-refractivity contribution < 1.29 is 19.3 Å². The number of methoxy groups -OCH3 is 1. The summed E-state index contributed by atoms with van der Waals surface area (Å²) in [5.41, 5.74) is 0. The highest BCUT2D eigenvalue weighted by Crippen LogP contribution is 2.29. The first-order valence-electron chi connectivity index (χ1n) is 6.27. The van der Waals surface area contributed by atoms with E-state index in [1.165, 1.54) is 0 Å². The van der Waals surface area contributed by atoms with Crippen LogP contribution in [0, 0.1) is 5.92 Å². The van der Waals surface area contributed by atoms with Crippen molar-refractivity contribution in [2.24, 2.45) is 5.92 Å². The summed E-state index contributed by atoms with van der Waals surface area (Å²) in [5, 5.41) is 12.7. The van der Waals surface area contributed by atoms with Gasteiger partial charge in [0.2, 0.25) is 0 Å². The lowest BCUT2D eigenvalue weighted by molar-refractivity contribution is -0.0830. The molecule has 5 heteroatoms. The van der Waals surface area contributed by atoms with Crippen molar-refractivity contribution in [2.45, 2.75) is 25.0 Å². The van der Waals surface area contributed by atoms with Gasteiger partial charge in [-0.2, -0.15) is 0 Å². The van der Waals surface area contributed by atoms with E-state index in [2.05, 4.69) is 5.32 Å². The molecule has 0 spiro atoms. The molecule has 0 aliphatic heterocycles. The Labute approximate surface area is 103 Å². The summed E-state index contributed by atoms with van der Waals surface area (Å²) in [6, 6.07) is 0. The number of aliphatic hydroxyl groups is 1. The molecule has 0 heterocycles. The number of hydrogen-bond acceptors (Lipinski definition) is 5. The van der Waals surface area contributed by atoms with Gasteiger partial charge in [0.25, 0.3) is 0 Å². The molecule has 1 unspecified atom stereocenters. The first-order valence-corrected chi connectivity index (χ1v) is 6.27. The second kappa shape index (κ2) is 8.83. The van der Waals surface area contributed by atoms with Crippen LogP contribution in [0.1, 0.15) is 12.8 Å². The third-order valence-corrected chi connectivity index (χ3v) is 2.95. The SMILES string of the molecule is CNCC1CC(OCC(O)COCCOC)C1. The van der Waals surface area contributed by atoms with Crippen molar-refractivity contribution in [3.63, 3.8) is 0 Å². The molecule has 0 amide bonds. The summed E-state index contributed by atoms with van der Waals surface area (Å²) in [6.07, 6.45) is 1.98. The quantitative estimate of drug-likeness (QED) is 0.533. The molecule has 17 heavy (non-hydrogen) atoms. The van der Waals surface area contributed by atoms with E-state index in [0.717, 1.165) is 25.3 Å². The Morgan fingerprint density at radius 1 is 1.29 bits per heavy atom. The van der Waals surface area contributed by atoms with Crippen molar-refractivity contribution in [3.05, 3.63) is 0 Å². The molecule has 1 aliphatic carbocycles. The van der Waals surface area contributed by atoms with Gasteiger partial charge in [-0.05, 0) is 32.4 Å². The molecular formula is C12H25NO4. The summed E-state index contributed by atoms with van der Waals surface area (Å²) >= 11 is 0. The molecule has 1 rings (SSSR count). The molecule has 0 saturated heterocycles. The number of ether oxygens (including phenoxy) is 3. The summed E-state index contributed by atoms with van der Waals surface area (Å²) in [6.45, 7) is 2.81. The maximum atomic E-state index is 9.58. The van der Waals surface area contributed by atoms with Gasteiger partial charge in [0.1, 0.15) is 6.10 Å². The van der Waals surface area contributed by atoms with Gasteiger partial charge >= 0.3 is 0 Å². The summed E-state index contributed by atoms with van der Waals surface area (Å²) < 4.78 is 15.6. The molecular weight excluding hydrogens is 222 g/mol. The van der Waals surface area contributed by atoms with E-state index in [1.54, 1.807) is 7.11 Å². The molecule has 1 saturated carbocycles. The fraction of sp³-hybridized carbons (Fsp3) is 1.00. The second-order valence-corrected chi connectivity index (χ2v) is 4.57. The summed E-state index contributed by atoms with van der Waals surface area (Å²) in [7, 11) is 3.59. The zero-order valence-corrected chi connectivity index (χ0v) is 10.9. The van der Waals surface area contributed by atoms with Crippen LogP contribution in [0.2, 0.25) is 0 Å².